The van der Waals surface area contributed by atoms with Gasteiger partial charge in [0.1, 0.15) is 0 Å². The summed E-state index contributed by atoms with van der Waals surface area (Å²) in [7, 11) is 0. The summed E-state index contributed by atoms with van der Waals surface area (Å²) in [6, 6.07) is -0.0807. The van der Waals surface area contributed by atoms with Crippen LogP contribution in [0.3, 0.4) is 0 Å². The fourth-order valence-electron chi connectivity index (χ4n) is 2.06. The van der Waals surface area contributed by atoms with E-state index < -0.39 is 0 Å². The van der Waals surface area contributed by atoms with Crippen LogP contribution in [0.15, 0.2) is 0 Å². The average Bonchev–Trinajstić information content (AvgIpc) is 2.39. The summed E-state index contributed by atoms with van der Waals surface area (Å²) in [5.41, 5.74) is 5.69. The molecule has 18 heavy (non-hydrogen) atoms. The number of nitrogens with one attached hydrogen (secondary N) is 1. The Balaban J connectivity index is 2.12. The largest absolute Gasteiger partial charge is 0.356 e. The summed E-state index contributed by atoms with van der Waals surface area (Å²) in [6.45, 7) is 4.11. The van der Waals surface area contributed by atoms with E-state index in [2.05, 4.69) is 5.32 Å². The van der Waals surface area contributed by atoms with E-state index >= 15 is 0 Å². The Bertz CT molecular complexity index is 275. The van der Waals surface area contributed by atoms with Crippen molar-refractivity contribution in [2.75, 3.05) is 19.6 Å². The minimum absolute atomic E-state index is 0.0594. The van der Waals surface area contributed by atoms with E-state index in [4.69, 9.17) is 5.73 Å². The summed E-state index contributed by atoms with van der Waals surface area (Å²) in [5.74, 6) is 0.0885. The lowest BCUT2D eigenvalue weighted by Crippen LogP contribution is -2.38. The average molecular weight is 255 g/mol. The molecule has 0 aliphatic carbocycles. The van der Waals surface area contributed by atoms with E-state index in [9.17, 15) is 9.59 Å². The third-order valence-electron chi connectivity index (χ3n) is 3.34. The van der Waals surface area contributed by atoms with Crippen LogP contribution in [0.5, 0.6) is 0 Å². The molecule has 1 aliphatic rings. The number of nitrogens with zero attached hydrogens (tertiary/aromatic N) is 1. The molecule has 1 atom stereocenters. The van der Waals surface area contributed by atoms with E-state index in [1.54, 1.807) is 0 Å². The van der Waals surface area contributed by atoms with Crippen molar-refractivity contribution in [3.05, 3.63) is 0 Å². The van der Waals surface area contributed by atoms with Crippen molar-refractivity contribution >= 4 is 11.8 Å². The summed E-state index contributed by atoms with van der Waals surface area (Å²) in [6.07, 6.45) is 4.95. The van der Waals surface area contributed by atoms with E-state index in [-0.39, 0.29) is 17.9 Å². The van der Waals surface area contributed by atoms with Crippen molar-refractivity contribution < 1.29 is 9.59 Å². The number of carbonyl (C=O) groups is 2. The van der Waals surface area contributed by atoms with Gasteiger partial charge in [0, 0.05) is 38.5 Å². The van der Waals surface area contributed by atoms with Gasteiger partial charge in [-0.1, -0.05) is 6.92 Å². The molecule has 0 bridgehead atoms. The van der Waals surface area contributed by atoms with Crippen LogP contribution < -0.4 is 11.1 Å². The third kappa shape index (κ3) is 5.49. The first-order chi connectivity index (χ1) is 8.63. The zero-order valence-corrected chi connectivity index (χ0v) is 11.3. The molecule has 1 unspecified atom stereocenters. The van der Waals surface area contributed by atoms with E-state index in [1.807, 2.05) is 11.8 Å². The molecule has 0 aromatic rings. The standard InChI is InChI=1S/C13H25N3O2/c1-2-11(14)10-12(17)15-7-6-13(18)16-8-4-3-5-9-16/h11H,2-10,14H2,1H3,(H,15,17). The van der Waals surface area contributed by atoms with Crippen molar-refractivity contribution in [2.24, 2.45) is 5.73 Å². The Morgan fingerprint density at radius 3 is 2.56 bits per heavy atom. The van der Waals surface area contributed by atoms with Gasteiger partial charge in [-0.15, -0.1) is 0 Å². The topological polar surface area (TPSA) is 75.4 Å². The molecule has 2 amide bonds. The summed E-state index contributed by atoms with van der Waals surface area (Å²) in [5, 5.41) is 2.75. The summed E-state index contributed by atoms with van der Waals surface area (Å²) >= 11 is 0. The highest BCUT2D eigenvalue weighted by Crippen LogP contribution is 2.09. The maximum absolute atomic E-state index is 11.8. The number of hydrogen-bond donors (Lipinski definition) is 2. The lowest BCUT2D eigenvalue weighted by molar-refractivity contribution is -0.132. The fraction of sp³-hybridized carbons (Fsp3) is 0.846. The van der Waals surface area contributed by atoms with Gasteiger partial charge < -0.3 is 16.0 Å². The van der Waals surface area contributed by atoms with Gasteiger partial charge in [0.15, 0.2) is 0 Å². The van der Waals surface area contributed by atoms with Crippen LogP contribution in [0.4, 0.5) is 0 Å². The van der Waals surface area contributed by atoms with Gasteiger partial charge in [-0.3, -0.25) is 9.59 Å². The molecule has 0 saturated carbocycles. The number of piperidine rings is 1. The molecule has 1 rings (SSSR count). The van der Waals surface area contributed by atoms with Gasteiger partial charge in [-0.25, -0.2) is 0 Å². The van der Waals surface area contributed by atoms with Gasteiger partial charge in [0.25, 0.3) is 0 Å². The van der Waals surface area contributed by atoms with Crippen LogP contribution in [-0.2, 0) is 9.59 Å². The Kier molecular flexibility index (Phi) is 6.72. The fourth-order valence-corrected chi connectivity index (χ4v) is 2.06. The molecule has 0 aromatic heterocycles. The van der Waals surface area contributed by atoms with Gasteiger partial charge >= 0.3 is 0 Å². The molecule has 0 aromatic carbocycles. The van der Waals surface area contributed by atoms with Crippen LogP contribution in [0.25, 0.3) is 0 Å². The molecule has 0 spiro atoms. The molecule has 5 nitrogen and oxygen atoms in total. The van der Waals surface area contributed by atoms with Crippen molar-refractivity contribution in [1.82, 2.24) is 10.2 Å². The van der Waals surface area contributed by atoms with Crippen molar-refractivity contribution in [3.8, 4) is 0 Å². The first kappa shape index (κ1) is 15.0. The Labute approximate surface area is 109 Å². The molecule has 0 radical (unpaired) electrons. The van der Waals surface area contributed by atoms with Crippen LogP contribution >= 0.6 is 0 Å². The highest BCUT2D eigenvalue weighted by atomic mass is 16.2. The monoisotopic (exact) mass is 255 g/mol. The second-order valence-corrected chi connectivity index (χ2v) is 4.91. The minimum Gasteiger partial charge on any atom is -0.356 e. The minimum atomic E-state index is -0.0807. The number of carbonyl (C=O) groups excluding carboxylic acids is 2. The lowest BCUT2D eigenvalue weighted by Gasteiger charge is -2.26. The zero-order valence-electron chi connectivity index (χ0n) is 11.3. The summed E-state index contributed by atoms with van der Waals surface area (Å²) < 4.78 is 0. The lowest BCUT2D eigenvalue weighted by atomic mass is 10.1. The van der Waals surface area contributed by atoms with E-state index in [1.165, 1.54) is 6.42 Å². The quantitative estimate of drug-likeness (QED) is 0.731. The van der Waals surface area contributed by atoms with Crippen molar-refractivity contribution in [1.29, 1.82) is 0 Å². The summed E-state index contributed by atoms with van der Waals surface area (Å²) in [4.78, 5) is 25.2. The predicted octanol–water partition coefficient (Wildman–Crippen LogP) is 0.633. The Morgan fingerprint density at radius 2 is 1.94 bits per heavy atom. The van der Waals surface area contributed by atoms with Crippen LogP contribution in [-0.4, -0.2) is 42.4 Å². The second-order valence-electron chi connectivity index (χ2n) is 4.91. The maximum Gasteiger partial charge on any atom is 0.224 e. The molecule has 104 valence electrons. The Hall–Kier alpha value is -1.10. The zero-order chi connectivity index (χ0) is 13.4. The normalized spacial score (nSPS) is 17.3. The first-order valence-electron chi connectivity index (χ1n) is 6.93. The Morgan fingerprint density at radius 1 is 1.28 bits per heavy atom. The van der Waals surface area contributed by atoms with Crippen LogP contribution in [0.2, 0.25) is 0 Å². The molecule has 1 saturated heterocycles. The molecule has 1 fully saturated rings. The third-order valence-corrected chi connectivity index (χ3v) is 3.34. The van der Waals surface area contributed by atoms with Crippen LogP contribution in [0, 0.1) is 0 Å². The maximum atomic E-state index is 11.8. The molecular weight excluding hydrogens is 230 g/mol. The molecule has 5 heteroatoms. The van der Waals surface area contributed by atoms with Crippen LogP contribution in [0.1, 0.15) is 45.4 Å². The predicted molar refractivity (Wildman–Crippen MR) is 70.9 cm³/mol. The van der Waals surface area contributed by atoms with Gasteiger partial charge in [0.05, 0.1) is 0 Å². The highest BCUT2D eigenvalue weighted by molar-refractivity contribution is 5.79. The molecule has 1 aliphatic heterocycles. The first-order valence-corrected chi connectivity index (χ1v) is 6.93. The van der Waals surface area contributed by atoms with E-state index in [0.717, 1.165) is 32.4 Å². The number of amides is 2. The number of rotatable bonds is 6. The number of nitrogens with two attached hydrogens (primary N) is 1. The van der Waals surface area contributed by atoms with Gasteiger partial charge in [0.2, 0.25) is 11.8 Å². The number of hydrogen-bond acceptors (Lipinski definition) is 3. The number of likely N-dealkylation sites (tertiary alicyclic amines) is 1. The second kappa shape index (κ2) is 8.08. The smallest absolute Gasteiger partial charge is 0.224 e. The molecular formula is C13H25N3O2. The van der Waals surface area contributed by atoms with Crippen molar-refractivity contribution in [3.63, 3.8) is 0 Å². The molecule has 3 N–H and O–H groups in total. The van der Waals surface area contributed by atoms with E-state index in [0.29, 0.717) is 19.4 Å². The van der Waals surface area contributed by atoms with Gasteiger partial charge in [-0.2, -0.15) is 0 Å². The highest BCUT2D eigenvalue weighted by Gasteiger charge is 2.16. The molecule has 1 heterocycles. The van der Waals surface area contributed by atoms with Crippen molar-refractivity contribution in [2.45, 2.75) is 51.5 Å². The van der Waals surface area contributed by atoms with Gasteiger partial charge in [-0.05, 0) is 25.7 Å². The SMILES string of the molecule is CCC(N)CC(=O)NCCC(=O)N1CCCCC1.